The molecular formula is C12H10N4O5. The summed E-state index contributed by atoms with van der Waals surface area (Å²) in [6.45, 7) is 1.61. The second kappa shape index (κ2) is 5.82. The van der Waals surface area contributed by atoms with E-state index in [4.69, 9.17) is 4.42 Å². The van der Waals surface area contributed by atoms with Crippen molar-refractivity contribution in [1.82, 2.24) is 0 Å². The number of furan rings is 1. The van der Waals surface area contributed by atoms with Crippen molar-refractivity contribution < 1.29 is 14.3 Å². The minimum atomic E-state index is -0.638. The van der Waals surface area contributed by atoms with Crippen LogP contribution in [0.3, 0.4) is 0 Å². The number of nitrogens with zero attached hydrogens (tertiary/aromatic N) is 3. The summed E-state index contributed by atoms with van der Waals surface area (Å²) in [6, 6.07) is 8.35. The standard InChI is InChI=1S/C12H10N4O5/c1-8(11-6-7-12(21-11)16(19)20)13-14-9-2-4-10(5-3-9)15(17)18/h2-7,14H,1H3/b13-8-. The zero-order valence-electron chi connectivity index (χ0n) is 10.8. The number of anilines is 1. The molecule has 0 fully saturated rings. The van der Waals surface area contributed by atoms with Crippen LogP contribution in [0.25, 0.3) is 0 Å². The average molecular weight is 290 g/mol. The number of hydrogen-bond donors (Lipinski definition) is 1. The van der Waals surface area contributed by atoms with Crippen LogP contribution in [0.15, 0.2) is 45.9 Å². The number of nitro benzene ring substituents is 1. The lowest BCUT2D eigenvalue weighted by atomic mass is 10.3. The Morgan fingerprint density at radius 2 is 1.76 bits per heavy atom. The summed E-state index contributed by atoms with van der Waals surface area (Å²) in [5.74, 6) is -0.106. The number of benzene rings is 1. The summed E-state index contributed by atoms with van der Waals surface area (Å²) in [6.07, 6.45) is 0. The fourth-order valence-corrected chi connectivity index (χ4v) is 1.48. The molecule has 9 nitrogen and oxygen atoms in total. The van der Waals surface area contributed by atoms with Crippen molar-refractivity contribution in [2.75, 3.05) is 5.43 Å². The smallest absolute Gasteiger partial charge is 0.399 e. The zero-order chi connectivity index (χ0) is 15.4. The highest BCUT2D eigenvalue weighted by atomic mass is 16.6. The molecule has 0 amide bonds. The number of hydrogen-bond acceptors (Lipinski definition) is 7. The summed E-state index contributed by atoms with van der Waals surface area (Å²) in [5.41, 5.74) is 3.60. The minimum absolute atomic E-state index is 0.0251. The molecule has 0 unspecified atom stereocenters. The molecule has 0 atom stereocenters. The zero-order valence-corrected chi connectivity index (χ0v) is 10.8. The Bertz CT molecular complexity index is 705. The third kappa shape index (κ3) is 3.41. The van der Waals surface area contributed by atoms with Gasteiger partial charge in [-0.2, -0.15) is 5.10 Å². The van der Waals surface area contributed by atoms with Gasteiger partial charge in [0.05, 0.1) is 16.7 Å². The van der Waals surface area contributed by atoms with E-state index in [1.807, 2.05) is 0 Å². The number of hydrazone groups is 1. The van der Waals surface area contributed by atoms with Crippen molar-refractivity contribution in [3.63, 3.8) is 0 Å². The molecule has 0 spiro atoms. The van der Waals surface area contributed by atoms with E-state index in [-0.39, 0.29) is 17.3 Å². The molecule has 0 bridgehead atoms. The van der Waals surface area contributed by atoms with E-state index < -0.39 is 9.85 Å². The second-order valence-electron chi connectivity index (χ2n) is 4.01. The number of rotatable bonds is 5. The topological polar surface area (TPSA) is 124 Å². The van der Waals surface area contributed by atoms with E-state index in [2.05, 4.69) is 10.5 Å². The third-order valence-corrected chi connectivity index (χ3v) is 2.56. The molecule has 1 aromatic carbocycles. The lowest BCUT2D eigenvalue weighted by Gasteiger charge is -2.01. The minimum Gasteiger partial charge on any atom is -0.399 e. The Hall–Kier alpha value is -3.23. The van der Waals surface area contributed by atoms with Crippen LogP contribution in [0.5, 0.6) is 0 Å². The normalized spacial score (nSPS) is 11.2. The lowest BCUT2D eigenvalue weighted by molar-refractivity contribution is -0.402. The van der Waals surface area contributed by atoms with Crippen molar-refractivity contribution in [3.05, 3.63) is 62.4 Å². The molecule has 0 saturated carbocycles. The van der Waals surface area contributed by atoms with Gasteiger partial charge >= 0.3 is 5.88 Å². The van der Waals surface area contributed by atoms with Gasteiger partial charge in [0.15, 0.2) is 5.76 Å². The van der Waals surface area contributed by atoms with E-state index in [0.717, 1.165) is 0 Å². The fraction of sp³-hybridized carbons (Fsp3) is 0.0833. The first-order valence-electron chi connectivity index (χ1n) is 5.77. The first kappa shape index (κ1) is 14.2. The molecule has 1 heterocycles. The molecule has 0 aliphatic rings. The van der Waals surface area contributed by atoms with Gasteiger partial charge in [0.25, 0.3) is 5.69 Å². The highest BCUT2D eigenvalue weighted by Crippen LogP contribution is 2.18. The van der Waals surface area contributed by atoms with Crippen molar-refractivity contribution >= 4 is 23.0 Å². The van der Waals surface area contributed by atoms with Crippen molar-refractivity contribution in [2.45, 2.75) is 6.92 Å². The van der Waals surface area contributed by atoms with Gasteiger partial charge in [-0.05, 0) is 25.1 Å². The van der Waals surface area contributed by atoms with Gasteiger partial charge < -0.3 is 4.42 Å². The van der Waals surface area contributed by atoms with Crippen LogP contribution >= 0.6 is 0 Å². The van der Waals surface area contributed by atoms with Crippen LogP contribution in [-0.4, -0.2) is 15.6 Å². The molecule has 0 aliphatic heterocycles. The summed E-state index contributed by atoms with van der Waals surface area (Å²) in [4.78, 5) is 19.9. The second-order valence-corrected chi connectivity index (χ2v) is 4.01. The molecule has 21 heavy (non-hydrogen) atoms. The van der Waals surface area contributed by atoms with Crippen molar-refractivity contribution in [2.24, 2.45) is 5.10 Å². The molecule has 0 saturated heterocycles. The van der Waals surface area contributed by atoms with Crippen molar-refractivity contribution in [1.29, 1.82) is 0 Å². The van der Waals surface area contributed by atoms with Gasteiger partial charge in [-0.15, -0.1) is 0 Å². The van der Waals surface area contributed by atoms with E-state index in [9.17, 15) is 20.2 Å². The van der Waals surface area contributed by atoms with Crippen LogP contribution in [0.4, 0.5) is 17.3 Å². The maximum atomic E-state index is 10.5. The molecular weight excluding hydrogens is 280 g/mol. The molecule has 2 aromatic rings. The predicted octanol–water partition coefficient (Wildman–Crippen LogP) is 2.93. The summed E-state index contributed by atoms with van der Waals surface area (Å²) >= 11 is 0. The van der Waals surface area contributed by atoms with E-state index in [1.165, 1.54) is 36.4 Å². The van der Waals surface area contributed by atoms with Gasteiger partial charge in [-0.25, -0.2) is 0 Å². The van der Waals surface area contributed by atoms with E-state index in [1.54, 1.807) is 6.92 Å². The molecule has 9 heteroatoms. The molecule has 0 aliphatic carbocycles. The Balaban J connectivity index is 2.08. The van der Waals surface area contributed by atoms with Crippen LogP contribution in [0.2, 0.25) is 0 Å². The quantitative estimate of drug-likeness (QED) is 0.512. The Morgan fingerprint density at radius 3 is 2.29 bits per heavy atom. The van der Waals surface area contributed by atoms with Crippen LogP contribution in [-0.2, 0) is 0 Å². The van der Waals surface area contributed by atoms with Gasteiger partial charge in [-0.3, -0.25) is 25.7 Å². The number of nitrogens with one attached hydrogen (secondary N) is 1. The largest absolute Gasteiger partial charge is 0.433 e. The van der Waals surface area contributed by atoms with Gasteiger partial charge in [0.2, 0.25) is 0 Å². The summed E-state index contributed by atoms with van der Waals surface area (Å²) in [7, 11) is 0. The number of non-ortho nitro benzene ring substituents is 1. The maximum absolute atomic E-state index is 10.5. The molecule has 0 radical (unpaired) electrons. The first-order valence-corrected chi connectivity index (χ1v) is 5.77. The van der Waals surface area contributed by atoms with Crippen molar-refractivity contribution in [3.8, 4) is 0 Å². The molecule has 2 rings (SSSR count). The third-order valence-electron chi connectivity index (χ3n) is 2.56. The summed E-state index contributed by atoms with van der Waals surface area (Å²) in [5, 5.41) is 25.0. The van der Waals surface area contributed by atoms with Gasteiger partial charge in [0, 0.05) is 12.1 Å². The van der Waals surface area contributed by atoms with Crippen LogP contribution in [0.1, 0.15) is 12.7 Å². The Morgan fingerprint density at radius 1 is 1.10 bits per heavy atom. The molecule has 108 valence electrons. The maximum Gasteiger partial charge on any atom is 0.433 e. The Kier molecular flexibility index (Phi) is 3.93. The molecule has 1 N–H and O–H groups in total. The van der Waals surface area contributed by atoms with Crippen LogP contribution in [0, 0.1) is 20.2 Å². The van der Waals surface area contributed by atoms with E-state index >= 15 is 0 Å². The summed E-state index contributed by atoms with van der Waals surface area (Å²) < 4.78 is 4.99. The van der Waals surface area contributed by atoms with E-state index in [0.29, 0.717) is 11.4 Å². The highest BCUT2D eigenvalue weighted by Gasteiger charge is 2.13. The first-order chi connectivity index (χ1) is 9.97. The average Bonchev–Trinajstić information content (AvgIpc) is 2.95. The lowest BCUT2D eigenvalue weighted by Crippen LogP contribution is -1.98. The fourth-order valence-electron chi connectivity index (χ4n) is 1.48. The monoisotopic (exact) mass is 290 g/mol. The predicted molar refractivity (Wildman–Crippen MR) is 74.3 cm³/mol. The van der Waals surface area contributed by atoms with Crippen LogP contribution < -0.4 is 5.43 Å². The van der Waals surface area contributed by atoms with Gasteiger partial charge in [0.1, 0.15) is 10.6 Å². The number of nitro groups is 2. The SMILES string of the molecule is C/C(=N/Nc1ccc([N+](=O)[O-])cc1)c1ccc([N+](=O)[O-])o1. The van der Waals surface area contributed by atoms with Gasteiger partial charge in [-0.1, -0.05) is 0 Å². The highest BCUT2D eigenvalue weighted by molar-refractivity contribution is 5.96. The molecule has 1 aromatic heterocycles. The Labute approximate surface area is 118 Å².